The average Bonchev–Trinajstić information content (AvgIpc) is 3.10. The fourth-order valence-corrected chi connectivity index (χ4v) is 3.80. The van der Waals surface area contributed by atoms with Crippen LogP contribution < -0.4 is 0 Å². The lowest BCUT2D eigenvalue weighted by Crippen LogP contribution is -2.38. The summed E-state index contributed by atoms with van der Waals surface area (Å²) in [6, 6.07) is 16.9. The summed E-state index contributed by atoms with van der Waals surface area (Å²) < 4.78 is 15.6. The van der Waals surface area contributed by atoms with Gasteiger partial charge in [0.2, 0.25) is 0 Å². The number of nitrogens with zero attached hydrogens (tertiary/aromatic N) is 3. The number of carbonyl (C=O) groups excluding carboxylic acids is 1. The normalized spacial score (nSPS) is 15.1. The Balaban J connectivity index is 1.49. The smallest absolute Gasteiger partial charge is 0.257 e. The molecular formula is C22H22FN3O. The molecular weight excluding hydrogens is 341 g/mol. The fraction of sp³-hybridized carbons (Fsp3) is 0.273. The van der Waals surface area contributed by atoms with Crippen molar-refractivity contribution in [3.05, 3.63) is 83.4 Å². The van der Waals surface area contributed by atoms with E-state index in [0.717, 1.165) is 25.9 Å². The molecule has 0 bridgehead atoms. The lowest BCUT2D eigenvalue weighted by Gasteiger charge is -2.32. The van der Waals surface area contributed by atoms with Gasteiger partial charge in [0.15, 0.2) is 0 Å². The van der Waals surface area contributed by atoms with Crippen LogP contribution in [0.3, 0.4) is 0 Å². The zero-order chi connectivity index (χ0) is 18.8. The van der Waals surface area contributed by atoms with Crippen molar-refractivity contribution >= 4 is 5.91 Å². The molecule has 0 radical (unpaired) electrons. The Bertz CT molecular complexity index is 943. The monoisotopic (exact) mass is 363 g/mol. The second-order valence-electron chi connectivity index (χ2n) is 6.98. The van der Waals surface area contributed by atoms with Crippen molar-refractivity contribution in [2.45, 2.75) is 25.7 Å². The number of rotatable bonds is 3. The Morgan fingerprint density at radius 1 is 1.04 bits per heavy atom. The van der Waals surface area contributed by atoms with Gasteiger partial charge in [-0.05, 0) is 43.4 Å². The second kappa shape index (κ2) is 7.35. The van der Waals surface area contributed by atoms with Gasteiger partial charge in [-0.3, -0.25) is 4.79 Å². The number of carbonyl (C=O) groups is 1. The lowest BCUT2D eigenvalue weighted by molar-refractivity contribution is 0.0712. The largest absolute Gasteiger partial charge is 0.338 e. The van der Waals surface area contributed by atoms with Crippen LogP contribution >= 0.6 is 0 Å². The number of benzene rings is 2. The summed E-state index contributed by atoms with van der Waals surface area (Å²) >= 11 is 0. The molecule has 0 unspecified atom stereocenters. The van der Waals surface area contributed by atoms with Gasteiger partial charge in [-0.1, -0.05) is 42.5 Å². The highest BCUT2D eigenvalue weighted by Crippen LogP contribution is 2.29. The van der Waals surface area contributed by atoms with E-state index in [2.05, 4.69) is 29.4 Å². The third-order valence-electron chi connectivity index (χ3n) is 5.37. The van der Waals surface area contributed by atoms with E-state index in [9.17, 15) is 9.18 Å². The number of para-hydroxylation sites is 1. The Labute approximate surface area is 158 Å². The van der Waals surface area contributed by atoms with Crippen LogP contribution in [0.4, 0.5) is 4.39 Å². The Kier molecular flexibility index (Phi) is 4.75. The lowest BCUT2D eigenvalue weighted by atomic mass is 9.89. The molecule has 0 aliphatic carbocycles. The van der Waals surface area contributed by atoms with Crippen molar-refractivity contribution in [2.75, 3.05) is 13.1 Å². The van der Waals surface area contributed by atoms with Crippen LogP contribution in [-0.4, -0.2) is 33.7 Å². The van der Waals surface area contributed by atoms with Gasteiger partial charge in [-0.25, -0.2) is 9.07 Å². The number of aromatic nitrogens is 2. The van der Waals surface area contributed by atoms with Crippen LogP contribution in [0.25, 0.3) is 5.69 Å². The number of likely N-dealkylation sites (tertiary alicyclic amines) is 1. The summed E-state index contributed by atoms with van der Waals surface area (Å²) in [5.41, 5.74) is 2.90. The predicted octanol–water partition coefficient (Wildman–Crippen LogP) is 4.34. The third-order valence-corrected chi connectivity index (χ3v) is 5.37. The minimum atomic E-state index is -0.355. The van der Waals surface area contributed by atoms with Crippen molar-refractivity contribution < 1.29 is 9.18 Å². The highest BCUT2D eigenvalue weighted by molar-refractivity contribution is 5.95. The first kappa shape index (κ1) is 17.5. The third kappa shape index (κ3) is 3.37. The number of hydrogen-bond acceptors (Lipinski definition) is 2. The van der Waals surface area contributed by atoms with E-state index in [1.165, 1.54) is 16.3 Å². The molecule has 2 heterocycles. The van der Waals surface area contributed by atoms with Crippen LogP contribution in [0.15, 0.2) is 60.8 Å². The summed E-state index contributed by atoms with van der Waals surface area (Å²) in [6.07, 6.45) is 3.46. The SMILES string of the molecule is Cc1c(C(=O)N2CCC(c3ccccc3)CC2)cnn1-c1ccccc1F. The van der Waals surface area contributed by atoms with Gasteiger partial charge >= 0.3 is 0 Å². The van der Waals surface area contributed by atoms with Gasteiger partial charge in [0.05, 0.1) is 17.5 Å². The maximum absolute atomic E-state index is 14.1. The number of halogens is 1. The predicted molar refractivity (Wildman–Crippen MR) is 103 cm³/mol. The van der Waals surface area contributed by atoms with E-state index in [0.29, 0.717) is 22.9 Å². The van der Waals surface area contributed by atoms with Crippen molar-refractivity contribution in [1.82, 2.24) is 14.7 Å². The van der Waals surface area contributed by atoms with Crippen LogP contribution in [0.1, 0.15) is 40.4 Å². The van der Waals surface area contributed by atoms with E-state index in [4.69, 9.17) is 0 Å². The molecule has 4 nitrogen and oxygen atoms in total. The maximum Gasteiger partial charge on any atom is 0.257 e. The van der Waals surface area contributed by atoms with Gasteiger partial charge in [0, 0.05) is 13.1 Å². The van der Waals surface area contributed by atoms with E-state index < -0.39 is 0 Å². The quantitative estimate of drug-likeness (QED) is 0.694. The fourth-order valence-electron chi connectivity index (χ4n) is 3.80. The average molecular weight is 363 g/mol. The van der Waals surface area contributed by atoms with E-state index in [-0.39, 0.29) is 11.7 Å². The maximum atomic E-state index is 14.1. The molecule has 1 fully saturated rings. The van der Waals surface area contributed by atoms with Crippen LogP contribution in [-0.2, 0) is 0 Å². The summed E-state index contributed by atoms with van der Waals surface area (Å²) in [5, 5.41) is 4.25. The summed E-state index contributed by atoms with van der Waals surface area (Å²) in [6.45, 7) is 3.26. The van der Waals surface area contributed by atoms with Crippen LogP contribution in [0.5, 0.6) is 0 Å². The van der Waals surface area contributed by atoms with Gasteiger partial charge in [-0.2, -0.15) is 5.10 Å². The molecule has 138 valence electrons. The summed E-state index contributed by atoms with van der Waals surface area (Å²) in [5.74, 6) is 0.116. The topological polar surface area (TPSA) is 38.1 Å². The van der Waals surface area contributed by atoms with Crippen LogP contribution in [0.2, 0.25) is 0 Å². The minimum absolute atomic E-state index is 0.0263. The molecule has 1 aromatic heterocycles. The molecule has 5 heteroatoms. The number of piperidine rings is 1. The molecule has 0 atom stereocenters. The van der Waals surface area contributed by atoms with E-state index in [1.54, 1.807) is 24.4 Å². The first-order valence-electron chi connectivity index (χ1n) is 9.29. The second-order valence-corrected chi connectivity index (χ2v) is 6.98. The zero-order valence-electron chi connectivity index (χ0n) is 15.3. The standard InChI is InChI=1S/C22H22FN3O/c1-16-19(15-24-26(16)21-10-6-5-9-20(21)23)22(27)25-13-11-18(12-14-25)17-7-3-2-4-8-17/h2-10,15,18H,11-14H2,1H3. The van der Waals surface area contributed by atoms with Gasteiger partial charge in [0.25, 0.3) is 5.91 Å². The highest BCUT2D eigenvalue weighted by atomic mass is 19.1. The Morgan fingerprint density at radius 3 is 2.41 bits per heavy atom. The molecule has 3 aromatic rings. The summed E-state index contributed by atoms with van der Waals surface area (Å²) in [4.78, 5) is 14.9. The molecule has 0 saturated carbocycles. The zero-order valence-corrected chi connectivity index (χ0v) is 15.3. The first-order valence-corrected chi connectivity index (χ1v) is 9.29. The van der Waals surface area contributed by atoms with Crippen LogP contribution in [0, 0.1) is 12.7 Å². The van der Waals surface area contributed by atoms with Crippen molar-refractivity contribution in [1.29, 1.82) is 0 Å². The van der Waals surface area contributed by atoms with Gasteiger partial charge in [-0.15, -0.1) is 0 Å². The number of amides is 1. The van der Waals surface area contributed by atoms with Gasteiger partial charge in [0.1, 0.15) is 11.5 Å². The Hall–Kier alpha value is -2.95. The van der Waals surface area contributed by atoms with Crippen molar-refractivity contribution in [3.8, 4) is 5.69 Å². The van der Waals surface area contributed by atoms with Crippen molar-refractivity contribution in [2.24, 2.45) is 0 Å². The molecule has 0 spiro atoms. The Morgan fingerprint density at radius 2 is 1.70 bits per heavy atom. The van der Waals surface area contributed by atoms with Crippen molar-refractivity contribution in [3.63, 3.8) is 0 Å². The molecule has 2 aromatic carbocycles. The van der Waals surface area contributed by atoms with Gasteiger partial charge < -0.3 is 4.90 Å². The number of hydrogen-bond donors (Lipinski definition) is 0. The first-order chi connectivity index (χ1) is 13.1. The molecule has 1 amide bonds. The summed E-state index contributed by atoms with van der Waals surface area (Å²) in [7, 11) is 0. The van der Waals surface area contributed by atoms with E-state index >= 15 is 0 Å². The highest BCUT2D eigenvalue weighted by Gasteiger charge is 2.27. The molecule has 1 aliphatic heterocycles. The molecule has 0 N–H and O–H groups in total. The minimum Gasteiger partial charge on any atom is -0.338 e. The molecule has 1 aliphatic rings. The molecule has 4 rings (SSSR count). The van der Waals surface area contributed by atoms with E-state index in [1.807, 2.05) is 17.9 Å². The molecule has 1 saturated heterocycles. The molecule has 27 heavy (non-hydrogen) atoms.